The summed E-state index contributed by atoms with van der Waals surface area (Å²) in [6, 6.07) is 30.5. The number of benzene rings is 5. The van der Waals surface area contributed by atoms with Gasteiger partial charge in [-0.05, 0) is 108 Å². The first kappa shape index (κ1) is 48.0. The Bertz CT molecular complexity index is 3030. The van der Waals surface area contributed by atoms with Gasteiger partial charge in [-0.2, -0.15) is 9.57 Å². The minimum atomic E-state index is -4.47. The first-order chi connectivity index (χ1) is 32.6. The van der Waals surface area contributed by atoms with E-state index in [1.54, 1.807) is 62.4 Å². The van der Waals surface area contributed by atoms with Gasteiger partial charge in [0.25, 0.3) is 10.0 Å². The molecule has 1 unspecified atom stereocenters. The second kappa shape index (κ2) is 20.4. The molecule has 5 aromatic carbocycles. The zero-order valence-electron chi connectivity index (χ0n) is 37.3. The van der Waals surface area contributed by atoms with E-state index in [2.05, 4.69) is 16.4 Å². The van der Waals surface area contributed by atoms with Crippen molar-refractivity contribution in [3.05, 3.63) is 152 Å². The van der Waals surface area contributed by atoms with Crippen molar-refractivity contribution < 1.29 is 41.7 Å². The number of carbonyl (C=O) groups excluding carboxylic acids is 3. The van der Waals surface area contributed by atoms with Crippen molar-refractivity contribution in [1.29, 1.82) is 5.26 Å². The number of methoxy groups -OCH3 is 1. The average Bonchev–Trinajstić information content (AvgIpc) is 3.74. The van der Waals surface area contributed by atoms with Crippen LogP contribution in [-0.4, -0.2) is 61.8 Å². The summed E-state index contributed by atoms with van der Waals surface area (Å²) in [7, 11) is -3.22. The lowest BCUT2D eigenvalue weighted by atomic mass is 9.93. The van der Waals surface area contributed by atoms with E-state index < -0.39 is 40.1 Å². The molecule has 0 spiro atoms. The molecule has 6 aromatic rings. The molecule has 8 rings (SSSR count). The Labute approximate surface area is 408 Å². The van der Waals surface area contributed by atoms with Crippen molar-refractivity contribution in [2.45, 2.75) is 69.2 Å². The lowest BCUT2D eigenvalue weighted by Crippen LogP contribution is -2.53. The van der Waals surface area contributed by atoms with Crippen LogP contribution in [0.3, 0.4) is 0 Å². The molecule has 0 fully saturated rings. The first-order valence-electron chi connectivity index (χ1n) is 21.5. The Hall–Kier alpha value is -6.48. The van der Waals surface area contributed by atoms with E-state index in [0.29, 0.717) is 49.5 Å². The molecule has 350 valence electrons. The maximum Gasteiger partial charge on any atom is 0.307 e. The van der Waals surface area contributed by atoms with Crippen LogP contribution in [0.25, 0.3) is 11.1 Å². The molecule has 1 aromatic heterocycles. The number of nitrogens with zero attached hydrogens (tertiary/aromatic N) is 4. The van der Waals surface area contributed by atoms with Crippen LogP contribution in [0.2, 0.25) is 10.0 Å². The van der Waals surface area contributed by atoms with Gasteiger partial charge in [0.1, 0.15) is 25.0 Å². The molecule has 2 aliphatic rings. The van der Waals surface area contributed by atoms with Crippen LogP contribution in [0, 0.1) is 18.3 Å². The number of nitrogens with one attached hydrogen (secondary N) is 1. The fourth-order valence-corrected chi connectivity index (χ4v) is 11.7. The Morgan fingerprint density at radius 2 is 1.65 bits per heavy atom. The highest BCUT2D eigenvalue weighted by molar-refractivity contribution is 7.91. The zero-order valence-corrected chi connectivity index (χ0v) is 40.5. The molecule has 0 saturated heterocycles. The average molecular weight is 995 g/mol. The largest absolute Gasteiger partial charge is 0.489 e. The quantitative estimate of drug-likeness (QED) is 0.103. The molecular formula is C50H45Cl2N5O9S2. The number of nitriles is 1. The molecule has 3 atom stereocenters. The molecule has 2 amide bonds. The number of rotatable bonds is 14. The highest BCUT2D eigenvalue weighted by Crippen LogP contribution is 2.43. The van der Waals surface area contributed by atoms with Gasteiger partial charge in [-0.3, -0.25) is 19.3 Å². The molecule has 0 bridgehead atoms. The molecule has 68 heavy (non-hydrogen) atoms. The maximum atomic E-state index is 15.0. The standard InChI is InChI=1S/C50H45Cl2N5O9S2/c1-5-56(30(3)58)50-54-29(2)49(67-50)68(61,62)57-26-38-23-45-44(65-28-46(66-45)36-15-17-39(18-16-36)64-27-32-8-19-40(51)41(52)20-32)22-37(38)21-43(57)48(60)55-42(24-47(59)63-4)35-13-11-34(12-14-35)33-9-6-31(25-53)7-10-33/h6-20,22-23,42-43,46H,5,21,24,26-28H2,1-4H3,(H,55,60)/t42-,43?,46+/m0/s1. The molecule has 0 saturated carbocycles. The number of hydrogen-bond acceptors (Lipinski definition) is 12. The van der Waals surface area contributed by atoms with E-state index in [0.717, 1.165) is 37.9 Å². The van der Waals surface area contributed by atoms with E-state index in [1.807, 2.05) is 54.6 Å². The Morgan fingerprint density at radius 3 is 2.29 bits per heavy atom. The maximum absolute atomic E-state index is 15.0. The number of esters is 1. The van der Waals surface area contributed by atoms with E-state index in [4.69, 9.17) is 42.1 Å². The van der Waals surface area contributed by atoms with E-state index in [-0.39, 0.29) is 60.1 Å². The number of aryl methyl sites for hydroxylation is 1. The molecule has 3 heterocycles. The highest BCUT2D eigenvalue weighted by Gasteiger charge is 2.43. The lowest BCUT2D eigenvalue weighted by Gasteiger charge is -2.37. The van der Waals surface area contributed by atoms with Crippen LogP contribution in [0.4, 0.5) is 5.13 Å². The number of carbonyl (C=O) groups is 3. The minimum Gasteiger partial charge on any atom is -0.489 e. The minimum absolute atomic E-state index is 0.0496. The molecule has 18 heteroatoms. The van der Waals surface area contributed by atoms with Crippen molar-refractivity contribution in [3.8, 4) is 34.4 Å². The third kappa shape index (κ3) is 10.3. The monoisotopic (exact) mass is 993 g/mol. The van der Waals surface area contributed by atoms with Gasteiger partial charge in [0.15, 0.2) is 26.9 Å². The topological polar surface area (TPSA) is 177 Å². The Kier molecular flexibility index (Phi) is 14.4. The molecule has 0 aliphatic carbocycles. The van der Waals surface area contributed by atoms with Crippen LogP contribution in [0.1, 0.15) is 71.5 Å². The molecule has 0 radical (unpaired) electrons. The van der Waals surface area contributed by atoms with Crippen molar-refractivity contribution >= 4 is 67.5 Å². The summed E-state index contributed by atoms with van der Waals surface area (Å²) in [5.74, 6) is -0.0636. The summed E-state index contributed by atoms with van der Waals surface area (Å²) in [6.07, 6.45) is -0.790. The van der Waals surface area contributed by atoms with Crippen molar-refractivity contribution in [1.82, 2.24) is 14.6 Å². The fraction of sp³-hybridized carbons (Fsp3) is 0.260. The molecular weight excluding hydrogens is 950 g/mol. The zero-order chi connectivity index (χ0) is 48.3. The summed E-state index contributed by atoms with van der Waals surface area (Å²) < 4.78 is 54.7. The predicted molar refractivity (Wildman–Crippen MR) is 257 cm³/mol. The normalized spacial score (nSPS) is 15.9. The van der Waals surface area contributed by atoms with Crippen molar-refractivity contribution in [2.24, 2.45) is 0 Å². The number of halogens is 2. The highest BCUT2D eigenvalue weighted by atomic mass is 35.5. The van der Waals surface area contributed by atoms with Gasteiger partial charge < -0.3 is 24.3 Å². The van der Waals surface area contributed by atoms with E-state index in [1.165, 1.54) is 18.9 Å². The van der Waals surface area contributed by atoms with Crippen LogP contribution in [0.5, 0.6) is 17.2 Å². The molecule has 2 aliphatic heterocycles. The second-order valence-electron chi connectivity index (χ2n) is 16.1. The Morgan fingerprint density at radius 1 is 0.956 bits per heavy atom. The van der Waals surface area contributed by atoms with Crippen molar-refractivity contribution in [2.75, 3.05) is 25.2 Å². The number of ether oxygens (including phenoxy) is 4. The van der Waals surface area contributed by atoms with Gasteiger partial charge in [-0.25, -0.2) is 13.4 Å². The third-order valence-corrected chi connectivity index (χ3v) is 16.1. The number of aromatic nitrogens is 1. The van der Waals surface area contributed by atoms with Crippen LogP contribution >= 0.6 is 34.5 Å². The number of fused-ring (bicyclic) bond motifs is 2. The number of anilines is 1. The number of sulfonamides is 1. The van der Waals surface area contributed by atoms with Gasteiger partial charge in [0.2, 0.25) is 11.8 Å². The van der Waals surface area contributed by atoms with E-state index >= 15 is 0 Å². The van der Waals surface area contributed by atoms with Crippen LogP contribution in [-0.2, 0) is 48.7 Å². The lowest BCUT2D eigenvalue weighted by molar-refractivity contribution is -0.141. The summed E-state index contributed by atoms with van der Waals surface area (Å²) in [6.45, 7) is 5.21. The van der Waals surface area contributed by atoms with E-state index in [9.17, 15) is 28.1 Å². The predicted octanol–water partition coefficient (Wildman–Crippen LogP) is 9.30. The number of amides is 2. The number of thiazole rings is 1. The van der Waals surface area contributed by atoms with Gasteiger partial charge in [0, 0.05) is 20.0 Å². The summed E-state index contributed by atoms with van der Waals surface area (Å²) >= 11 is 13.1. The summed E-state index contributed by atoms with van der Waals surface area (Å²) in [5.41, 5.74) is 5.94. The summed E-state index contributed by atoms with van der Waals surface area (Å²) in [4.78, 5) is 45.9. The second-order valence-corrected chi connectivity index (χ2v) is 20.0. The summed E-state index contributed by atoms with van der Waals surface area (Å²) in [5, 5.41) is 13.3. The fourth-order valence-electron chi connectivity index (χ4n) is 8.08. The SMILES string of the molecule is CCN(C(C)=O)c1nc(C)c(S(=O)(=O)N2Cc3cc4c(cc3CC2C(=O)N[C@@H](CC(=O)OC)c2ccc(-c3ccc(C#N)cc3)cc2)OC[C@H](c2ccc(OCc3ccc(Cl)c(Cl)c3)cc2)O4)s1. The smallest absolute Gasteiger partial charge is 0.307 e. The van der Waals surface area contributed by atoms with Crippen LogP contribution in [0.15, 0.2) is 107 Å². The number of hydrogen-bond donors (Lipinski definition) is 1. The molecule has 1 N–H and O–H groups in total. The van der Waals surface area contributed by atoms with Crippen LogP contribution < -0.4 is 24.4 Å². The third-order valence-electron chi connectivity index (χ3n) is 11.7. The van der Waals surface area contributed by atoms with Gasteiger partial charge in [0.05, 0.1) is 46.9 Å². The van der Waals surface area contributed by atoms with Gasteiger partial charge >= 0.3 is 5.97 Å². The molecule has 14 nitrogen and oxygen atoms in total. The van der Waals surface area contributed by atoms with Gasteiger partial charge in [-0.15, -0.1) is 0 Å². The Balaban J connectivity index is 1.08. The van der Waals surface area contributed by atoms with Crippen molar-refractivity contribution in [3.63, 3.8) is 0 Å². The first-order valence-corrected chi connectivity index (χ1v) is 24.5. The van der Waals surface area contributed by atoms with Gasteiger partial charge in [-0.1, -0.05) is 89.1 Å².